The molecule has 2 aliphatic heterocycles. The first-order valence-corrected chi connectivity index (χ1v) is 10.0. The van der Waals surface area contributed by atoms with Crippen molar-refractivity contribution in [1.82, 2.24) is 19.8 Å². The molecule has 0 radical (unpaired) electrons. The topological polar surface area (TPSA) is 79.6 Å². The van der Waals surface area contributed by atoms with Crippen LogP contribution in [0.3, 0.4) is 0 Å². The van der Waals surface area contributed by atoms with Gasteiger partial charge in [-0.15, -0.1) is 0 Å². The molecule has 4 rings (SSSR count). The van der Waals surface area contributed by atoms with E-state index in [1.165, 1.54) is 0 Å². The zero-order valence-corrected chi connectivity index (χ0v) is 16.1. The minimum atomic E-state index is -0.673. The third-order valence-electron chi connectivity index (χ3n) is 6.06. The number of fused-ring (bicyclic) bond motifs is 1. The summed E-state index contributed by atoms with van der Waals surface area (Å²) in [6.07, 6.45) is 8.00. The fraction of sp³-hybridized carbons (Fsp3) is 0.524. The number of ether oxygens (including phenoxy) is 1. The smallest absolute Gasteiger partial charge is 0.312 e. The van der Waals surface area contributed by atoms with Crippen molar-refractivity contribution in [3.8, 4) is 5.75 Å². The summed E-state index contributed by atoms with van der Waals surface area (Å²) in [7, 11) is 0. The van der Waals surface area contributed by atoms with E-state index in [4.69, 9.17) is 4.74 Å². The molecule has 7 nitrogen and oxygen atoms in total. The number of piperidine rings is 2. The van der Waals surface area contributed by atoms with Crippen LogP contribution in [0.2, 0.25) is 0 Å². The molecule has 0 amide bonds. The lowest BCUT2D eigenvalue weighted by molar-refractivity contribution is -0.157. The lowest BCUT2D eigenvalue weighted by atomic mass is 9.70. The van der Waals surface area contributed by atoms with E-state index < -0.39 is 11.4 Å². The maximum atomic E-state index is 12.1. The Morgan fingerprint density at radius 1 is 1.39 bits per heavy atom. The van der Waals surface area contributed by atoms with Crippen molar-refractivity contribution in [1.29, 1.82) is 0 Å². The Labute approximate surface area is 165 Å². The Kier molecular flexibility index (Phi) is 5.64. The third-order valence-corrected chi connectivity index (χ3v) is 6.06. The molecule has 0 aliphatic carbocycles. The first-order valence-electron chi connectivity index (χ1n) is 10.0. The zero-order valence-electron chi connectivity index (χ0n) is 16.1. The van der Waals surface area contributed by atoms with Gasteiger partial charge in [-0.05, 0) is 31.9 Å². The molecule has 1 aromatic heterocycles. The molecule has 2 atom stereocenters. The second kappa shape index (κ2) is 8.32. The van der Waals surface area contributed by atoms with E-state index in [1.807, 2.05) is 29.0 Å². The molecule has 2 N–H and O–H groups in total. The monoisotopic (exact) mass is 384 g/mol. The van der Waals surface area contributed by atoms with Gasteiger partial charge in [0.1, 0.15) is 12.4 Å². The number of para-hydroxylation sites is 1. The summed E-state index contributed by atoms with van der Waals surface area (Å²) in [5.41, 5.74) is 0.434. The Hall–Kier alpha value is -2.38. The molecule has 28 heavy (non-hydrogen) atoms. The largest absolute Gasteiger partial charge is 0.491 e. The van der Waals surface area contributed by atoms with Gasteiger partial charge in [0.25, 0.3) is 0 Å². The number of likely N-dealkylation sites (tertiary alicyclic amines) is 1. The van der Waals surface area contributed by atoms with E-state index in [-0.39, 0.29) is 6.04 Å². The molecular weight excluding hydrogens is 356 g/mol. The van der Waals surface area contributed by atoms with Gasteiger partial charge in [-0.1, -0.05) is 18.2 Å². The maximum Gasteiger partial charge on any atom is 0.312 e. The standard InChI is InChI=1S/C21H28N4O3/c26-20(27)21-7-3-8-23-19(21)6-10-25(15-21)14-17-4-1-2-5-18(17)28-13-12-24-11-9-22-16-24/h1-2,4-5,9,11,16,19,23H,3,6-8,10,12-15H2,(H,26,27). The number of hydrogen-bond acceptors (Lipinski definition) is 5. The predicted octanol–water partition coefficient (Wildman–Crippen LogP) is 1.99. The maximum absolute atomic E-state index is 12.1. The Bertz CT molecular complexity index is 795. The van der Waals surface area contributed by atoms with Crippen LogP contribution >= 0.6 is 0 Å². The Morgan fingerprint density at radius 2 is 2.29 bits per heavy atom. The normalized spacial score (nSPS) is 25.2. The molecule has 2 unspecified atom stereocenters. The summed E-state index contributed by atoms with van der Waals surface area (Å²) in [4.78, 5) is 18.4. The molecule has 2 aliphatic rings. The first kappa shape index (κ1) is 19.0. The first-order chi connectivity index (χ1) is 13.7. The van der Waals surface area contributed by atoms with E-state index in [9.17, 15) is 9.90 Å². The molecule has 2 saturated heterocycles. The fourth-order valence-electron chi connectivity index (χ4n) is 4.56. The fourth-order valence-corrected chi connectivity index (χ4v) is 4.56. The zero-order chi connectivity index (χ0) is 19.4. The summed E-state index contributed by atoms with van der Waals surface area (Å²) in [5, 5.41) is 13.4. The number of nitrogens with one attached hydrogen (secondary N) is 1. The van der Waals surface area contributed by atoms with E-state index >= 15 is 0 Å². The van der Waals surface area contributed by atoms with Crippen molar-refractivity contribution in [3.63, 3.8) is 0 Å². The highest BCUT2D eigenvalue weighted by Gasteiger charge is 2.50. The van der Waals surface area contributed by atoms with Gasteiger partial charge in [0.15, 0.2) is 0 Å². The third kappa shape index (κ3) is 3.91. The summed E-state index contributed by atoms with van der Waals surface area (Å²) in [6.45, 7) is 4.43. The number of benzene rings is 1. The van der Waals surface area contributed by atoms with E-state index in [0.29, 0.717) is 19.7 Å². The highest BCUT2D eigenvalue weighted by atomic mass is 16.5. The number of rotatable bonds is 7. The van der Waals surface area contributed by atoms with Crippen LogP contribution in [0.25, 0.3) is 0 Å². The number of nitrogens with zero attached hydrogens (tertiary/aromatic N) is 3. The average Bonchev–Trinajstić information content (AvgIpc) is 3.22. The summed E-state index contributed by atoms with van der Waals surface area (Å²) >= 11 is 0. The molecule has 1 aromatic carbocycles. The molecule has 7 heteroatoms. The minimum absolute atomic E-state index is 0.0803. The SMILES string of the molecule is O=C(O)C12CCCNC1CCN(Cc1ccccc1OCCn1ccnc1)C2. The van der Waals surface area contributed by atoms with Crippen LogP contribution in [-0.2, 0) is 17.9 Å². The highest BCUT2D eigenvalue weighted by Crippen LogP contribution is 2.38. The van der Waals surface area contributed by atoms with Gasteiger partial charge in [0.2, 0.25) is 0 Å². The summed E-state index contributed by atoms with van der Waals surface area (Å²) in [6, 6.07) is 8.14. The Balaban J connectivity index is 1.42. The molecule has 0 saturated carbocycles. The van der Waals surface area contributed by atoms with Gasteiger partial charge in [-0.2, -0.15) is 0 Å². The van der Waals surface area contributed by atoms with Crippen molar-refractivity contribution >= 4 is 5.97 Å². The van der Waals surface area contributed by atoms with Gasteiger partial charge in [-0.3, -0.25) is 9.69 Å². The van der Waals surface area contributed by atoms with E-state index in [1.54, 1.807) is 12.5 Å². The quantitative estimate of drug-likeness (QED) is 0.760. The van der Waals surface area contributed by atoms with Gasteiger partial charge < -0.3 is 19.7 Å². The number of hydrogen-bond donors (Lipinski definition) is 2. The second-order valence-electron chi connectivity index (χ2n) is 7.83. The van der Waals surface area contributed by atoms with Crippen molar-refractivity contribution in [3.05, 3.63) is 48.5 Å². The second-order valence-corrected chi connectivity index (χ2v) is 7.83. The lowest BCUT2D eigenvalue weighted by Gasteiger charge is -2.48. The van der Waals surface area contributed by atoms with Gasteiger partial charge in [0, 0.05) is 43.6 Å². The van der Waals surface area contributed by atoms with Crippen molar-refractivity contribution < 1.29 is 14.6 Å². The van der Waals surface area contributed by atoms with E-state index in [0.717, 1.165) is 50.2 Å². The van der Waals surface area contributed by atoms with Gasteiger partial charge >= 0.3 is 5.97 Å². The minimum Gasteiger partial charge on any atom is -0.491 e. The number of carboxylic acids is 1. The summed E-state index contributed by atoms with van der Waals surface area (Å²) < 4.78 is 8.01. The lowest BCUT2D eigenvalue weighted by Crippen LogP contribution is -2.62. The molecule has 3 heterocycles. The van der Waals surface area contributed by atoms with Crippen molar-refractivity contribution in [2.75, 3.05) is 26.2 Å². The molecule has 150 valence electrons. The predicted molar refractivity (Wildman–Crippen MR) is 105 cm³/mol. The molecule has 2 aromatic rings. The highest BCUT2D eigenvalue weighted by molar-refractivity contribution is 5.76. The van der Waals surface area contributed by atoms with Crippen molar-refractivity contribution in [2.24, 2.45) is 5.41 Å². The number of carboxylic acid groups (broad SMARTS) is 1. The number of aliphatic carboxylic acids is 1. The molecule has 0 bridgehead atoms. The number of imidazole rings is 1. The van der Waals surface area contributed by atoms with Crippen LogP contribution in [0.4, 0.5) is 0 Å². The van der Waals surface area contributed by atoms with E-state index in [2.05, 4.69) is 21.3 Å². The number of carbonyl (C=O) groups is 1. The summed E-state index contributed by atoms with van der Waals surface area (Å²) in [5.74, 6) is 0.204. The van der Waals surface area contributed by atoms with Crippen LogP contribution in [0, 0.1) is 5.41 Å². The number of aromatic nitrogens is 2. The molecule has 0 spiro atoms. The Morgan fingerprint density at radius 3 is 3.11 bits per heavy atom. The van der Waals surface area contributed by atoms with Gasteiger partial charge in [0.05, 0.1) is 18.3 Å². The van der Waals surface area contributed by atoms with Gasteiger partial charge in [-0.25, -0.2) is 4.98 Å². The molecular formula is C21H28N4O3. The van der Waals surface area contributed by atoms with Crippen LogP contribution in [0.15, 0.2) is 43.0 Å². The van der Waals surface area contributed by atoms with Crippen LogP contribution in [-0.4, -0.2) is 57.8 Å². The van der Waals surface area contributed by atoms with Crippen molar-refractivity contribution in [2.45, 2.75) is 38.4 Å². The van der Waals surface area contributed by atoms with Crippen LogP contribution < -0.4 is 10.1 Å². The molecule has 2 fully saturated rings. The van der Waals surface area contributed by atoms with Crippen LogP contribution in [0.5, 0.6) is 5.75 Å². The average molecular weight is 384 g/mol. The van der Waals surface area contributed by atoms with Crippen LogP contribution in [0.1, 0.15) is 24.8 Å².